The molecule has 0 aliphatic carbocycles. The molecule has 0 radical (unpaired) electrons. The van der Waals surface area contributed by atoms with Gasteiger partial charge in [-0.05, 0) is 38.0 Å². The van der Waals surface area contributed by atoms with Crippen molar-refractivity contribution >= 4 is 5.78 Å². The molecule has 1 fully saturated rings. The summed E-state index contributed by atoms with van der Waals surface area (Å²) < 4.78 is 17.2. The van der Waals surface area contributed by atoms with Gasteiger partial charge in [0.25, 0.3) is 0 Å². The molecule has 11 heteroatoms. The number of allylic oxidation sites excluding steroid dienone is 2. The quantitative estimate of drug-likeness (QED) is 0.263. The molecule has 1 saturated heterocycles. The standard InChI is InChI=1S/C26H30O11/c1-11(2)3-8-14-15(36-26-24(34)22(32)20(30)17(10-27)37-26)9-16-18(19(14)29)21(31)23(33)25(35-16)12-4-6-13(28)7-5-12/h3-7,9,17,20,22-30,32-34H,8,10H2,1-2H3/t17-,20-,22+,23+,24-,25-,26-/m1/s1. The lowest BCUT2D eigenvalue weighted by atomic mass is 9.90. The Bertz CT molecular complexity index is 1170. The molecule has 11 nitrogen and oxygen atoms in total. The summed E-state index contributed by atoms with van der Waals surface area (Å²) in [6.45, 7) is 3.00. The van der Waals surface area contributed by atoms with Crippen LogP contribution in [0.25, 0.3) is 0 Å². The Morgan fingerprint density at radius 2 is 1.70 bits per heavy atom. The number of carbonyl (C=O) groups excluding carboxylic acids is 1. The second-order valence-electron chi connectivity index (χ2n) is 9.31. The van der Waals surface area contributed by atoms with Crippen LogP contribution >= 0.6 is 0 Å². The van der Waals surface area contributed by atoms with Crippen molar-refractivity contribution in [3.05, 3.63) is 58.7 Å². The number of phenolic OH excluding ortho intramolecular Hbond substituents is 2. The topological polar surface area (TPSA) is 186 Å². The van der Waals surface area contributed by atoms with Gasteiger partial charge in [0.15, 0.2) is 12.2 Å². The normalized spacial score (nSPS) is 29.3. The first kappa shape index (κ1) is 26.9. The van der Waals surface area contributed by atoms with Crippen molar-refractivity contribution in [3.63, 3.8) is 0 Å². The SMILES string of the molecule is CC(C)=CCc1c(O[C@@H]2O[C@H](CO)[C@@H](O)[C@H](O)[C@H]2O)cc2c(c1O)C(=O)[C@H](O)[C@@H](c1ccc(O)cc1)O2. The van der Waals surface area contributed by atoms with Gasteiger partial charge in [0, 0.05) is 11.6 Å². The van der Waals surface area contributed by atoms with E-state index in [1.165, 1.54) is 30.3 Å². The van der Waals surface area contributed by atoms with E-state index in [2.05, 4.69) is 0 Å². The van der Waals surface area contributed by atoms with Gasteiger partial charge in [0.1, 0.15) is 53.0 Å². The summed E-state index contributed by atoms with van der Waals surface area (Å²) in [6.07, 6.45) is -8.68. The maximum atomic E-state index is 13.1. The van der Waals surface area contributed by atoms with Crippen molar-refractivity contribution in [3.8, 4) is 23.0 Å². The molecule has 2 heterocycles. The van der Waals surface area contributed by atoms with Crippen LogP contribution in [-0.4, -0.2) is 84.9 Å². The maximum Gasteiger partial charge on any atom is 0.229 e. The number of aliphatic hydroxyl groups excluding tert-OH is 5. The van der Waals surface area contributed by atoms with Crippen LogP contribution in [0.2, 0.25) is 0 Å². The number of ketones is 1. The molecule has 7 N–H and O–H groups in total. The van der Waals surface area contributed by atoms with Gasteiger partial charge in [-0.25, -0.2) is 0 Å². The first-order chi connectivity index (χ1) is 17.5. The number of Topliss-reactive ketones (excluding diaryl/α,β-unsaturated/α-hetero) is 1. The Labute approximate surface area is 212 Å². The minimum Gasteiger partial charge on any atom is -0.508 e. The predicted molar refractivity (Wildman–Crippen MR) is 127 cm³/mol. The van der Waals surface area contributed by atoms with Crippen LogP contribution < -0.4 is 9.47 Å². The highest BCUT2D eigenvalue weighted by molar-refractivity contribution is 6.06. The number of hydrogen-bond acceptors (Lipinski definition) is 11. The number of rotatable bonds is 6. The molecular weight excluding hydrogens is 488 g/mol. The fraction of sp³-hybridized carbons (Fsp3) is 0.423. The highest BCUT2D eigenvalue weighted by atomic mass is 16.7. The van der Waals surface area contributed by atoms with Crippen molar-refractivity contribution in [2.75, 3.05) is 6.61 Å². The van der Waals surface area contributed by atoms with Crippen LogP contribution in [0.15, 0.2) is 42.0 Å². The van der Waals surface area contributed by atoms with Gasteiger partial charge < -0.3 is 50.0 Å². The van der Waals surface area contributed by atoms with E-state index in [9.17, 15) is 40.5 Å². The number of aromatic hydroxyl groups is 2. The average molecular weight is 519 g/mol. The first-order valence-corrected chi connectivity index (χ1v) is 11.7. The van der Waals surface area contributed by atoms with E-state index in [-0.39, 0.29) is 34.8 Å². The van der Waals surface area contributed by atoms with E-state index < -0.39 is 61.1 Å². The summed E-state index contributed by atoms with van der Waals surface area (Å²) in [5.41, 5.74) is 1.17. The zero-order valence-electron chi connectivity index (χ0n) is 20.2. The van der Waals surface area contributed by atoms with Gasteiger partial charge in [-0.2, -0.15) is 0 Å². The van der Waals surface area contributed by atoms with E-state index in [0.717, 1.165) is 5.57 Å². The molecule has 0 spiro atoms. The van der Waals surface area contributed by atoms with E-state index in [0.29, 0.717) is 5.56 Å². The van der Waals surface area contributed by atoms with Crippen molar-refractivity contribution in [2.24, 2.45) is 0 Å². The van der Waals surface area contributed by atoms with Crippen LogP contribution in [0.4, 0.5) is 0 Å². The first-order valence-electron chi connectivity index (χ1n) is 11.7. The van der Waals surface area contributed by atoms with Crippen LogP contribution in [0.1, 0.15) is 41.4 Å². The van der Waals surface area contributed by atoms with E-state index in [1.807, 2.05) is 13.8 Å². The van der Waals surface area contributed by atoms with E-state index in [1.54, 1.807) is 6.08 Å². The lowest BCUT2D eigenvalue weighted by Gasteiger charge is -2.40. The smallest absolute Gasteiger partial charge is 0.229 e. The number of fused-ring (bicyclic) bond motifs is 1. The summed E-state index contributed by atoms with van der Waals surface area (Å²) >= 11 is 0. The van der Waals surface area contributed by atoms with Crippen LogP contribution in [0.5, 0.6) is 23.0 Å². The Kier molecular flexibility index (Phi) is 7.74. The molecule has 2 aliphatic rings. The summed E-state index contributed by atoms with van der Waals surface area (Å²) in [5.74, 6) is -1.45. The molecule has 2 aromatic rings. The molecule has 7 atom stereocenters. The monoisotopic (exact) mass is 518 g/mol. The van der Waals surface area contributed by atoms with Crippen LogP contribution in [0, 0.1) is 0 Å². The van der Waals surface area contributed by atoms with Crippen LogP contribution in [-0.2, 0) is 11.2 Å². The van der Waals surface area contributed by atoms with Crippen molar-refractivity contribution in [1.82, 2.24) is 0 Å². The molecule has 0 saturated carbocycles. The fourth-order valence-corrected chi connectivity index (χ4v) is 4.29. The molecule has 0 amide bonds. The summed E-state index contributed by atoms with van der Waals surface area (Å²) in [7, 11) is 0. The Morgan fingerprint density at radius 1 is 1.03 bits per heavy atom. The minimum absolute atomic E-state index is 0.0162. The Hall–Kier alpha value is -3.19. The number of ether oxygens (including phenoxy) is 3. The third-order valence-corrected chi connectivity index (χ3v) is 6.41. The van der Waals surface area contributed by atoms with Crippen LogP contribution in [0.3, 0.4) is 0 Å². The number of phenols is 2. The summed E-state index contributed by atoms with van der Waals surface area (Å²) in [5, 5.41) is 71.5. The number of hydrogen-bond donors (Lipinski definition) is 7. The molecule has 0 bridgehead atoms. The fourth-order valence-electron chi connectivity index (χ4n) is 4.29. The molecule has 4 rings (SSSR count). The largest absolute Gasteiger partial charge is 0.508 e. The van der Waals surface area contributed by atoms with Gasteiger partial charge in [-0.3, -0.25) is 4.79 Å². The molecular formula is C26H30O11. The molecule has 2 aliphatic heterocycles. The molecule has 0 unspecified atom stereocenters. The van der Waals surface area contributed by atoms with Crippen molar-refractivity contribution < 1.29 is 54.8 Å². The van der Waals surface area contributed by atoms with E-state index >= 15 is 0 Å². The van der Waals surface area contributed by atoms with Crippen molar-refractivity contribution in [2.45, 2.75) is 63.2 Å². The highest BCUT2D eigenvalue weighted by Gasteiger charge is 2.46. The number of aliphatic hydroxyl groups is 5. The number of carbonyl (C=O) groups is 1. The predicted octanol–water partition coefficient (Wildman–Crippen LogP) is 0.462. The summed E-state index contributed by atoms with van der Waals surface area (Å²) in [6, 6.07) is 7.02. The third kappa shape index (κ3) is 5.14. The summed E-state index contributed by atoms with van der Waals surface area (Å²) in [4.78, 5) is 13.1. The third-order valence-electron chi connectivity index (χ3n) is 6.41. The highest BCUT2D eigenvalue weighted by Crippen LogP contribution is 2.46. The molecule has 0 aromatic heterocycles. The van der Waals surface area contributed by atoms with Gasteiger partial charge in [-0.1, -0.05) is 23.8 Å². The van der Waals surface area contributed by atoms with Gasteiger partial charge in [-0.15, -0.1) is 0 Å². The zero-order valence-corrected chi connectivity index (χ0v) is 20.2. The van der Waals surface area contributed by atoms with E-state index in [4.69, 9.17) is 14.2 Å². The Morgan fingerprint density at radius 3 is 2.32 bits per heavy atom. The zero-order chi connectivity index (χ0) is 27.0. The van der Waals surface area contributed by atoms with Gasteiger partial charge in [0.2, 0.25) is 12.1 Å². The lowest BCUT2D eigenvalue weighted by Crippen LogP contribution is -2.60. The second-order valence-corrected chi connectivity index (χ2v) is 9.31. The van der Waals surface area contributed by atoms with Crippen molar-refractivity contribution in [1.29, 1.82) is 0 Å². The second kappa shape index (κ2) is 10.7. The minimum atomic E-state index is -1.71. The average Bonchev–Trinajstić information content (AvgIpc) is 2.86. The van der Waals surface area contributed by atoms with Gasteiger partial charge >= 0.3 is 0 Å². The lowest BCUT2D eigenvalue weighted by molar-refractivity contribution is -0.277. The maximum absolute atomic E-state index is 13.1. The molecule has 37 heavy (non-hydrogen) atoms. The molecule has 200 valence electrons. The molecule has 2 aromatic carbocycles. The number of benzene rings is 2. The Balaban J connectivity index is 1.77. The van der Waals surface area contributed by atoms with Gasteiger partial charge in [0.05, 0.1) is 6.61 Å².